The van der Waals surface area contributed by atoms with Gasteiger partial charge in [-0.15, -0.1) is 11.6 Å². The van der Waals surface area contributed by atoms with Crippen molar-refractivity contribution in [2.75, 3.05) is 12.5 Å². The van der Waals surface area contributed by atoms with Gasteiger partial charge in [-0.25, -0.2) is 0 Å². The van der Waals surface area contributed by atoms with Crippen molar-refractivity contribution < 1.29 is 4.74 Å². The molecule has 1 aromatic rings. The molecule has 1 aromatic carbocycles. The van der Waals surface area contributed by atoms with Gasteiger partial charge in [0.15, 0.2) is 0 Å². The third kappa shape index (κ3) is 4.00. The Morgan fingerprint density at radius 3 is 2.69 bits per heavy atom. The lowest BCUT2D eigenvalue weighted by Crippen LogP contribution is -1.98. The summed E-state index contributed by atoms with van der Waals surface area (Å²) in [5, 5.41) is 0. The second-order valence-corrected chi connectivity index (χ2v) is 3.12. The molecule has 2 heteroatoms. The molecule has 0 saturated carbocycles. The molecule has 0 atom stereocenters. The molecule has 0 fully saturated rings. The molecular formula is C11H13ClO. The number of para-hydroxylation sites is 1. The summed E-state index contributed by atoms with van der Waals surface area (Å²) in [5.41, 5.74) is 1.15. The monoisotopic (exact) mass is 196 g/mol. The summed E-state index contributed by atoms with van der Waals surface area (Å²) >= 11 is 5.55. The fraction of sp³-hybridized carbons (Fsp3) is 0.273. The van der Waals surface area contributed by atoms with Crippen molar-refractivity contribution in [3.05, 3.63) is 42.0 Å². The standard InChI is InChI=1S/C11H13ClO/c1-10(7-8-12)9-13-11-5-3-2-4-6-11/h2-7H,8-9H2,1H3/b10-7-. The number of hydrogen-bond donors (Lipinski definition) is 0. The molecule has 1 nitrogen and oxygen atoms in total. The zero-order valence-corrected chi connectivity index (χ0v) is 8.42. The van der Waals surface area contributed by atoms with Gasteiger partial charge >= 0.3 is 0 Å². The molecule has 0 spiro atoms. The summed E-state index contributed by atoms with van der Waals surface area (Å²) in [5.74, 6) is 1.44. The van der Waals surface area contributed by atoms with Gasteiger partial charge in [-0.05, 0) is 24.6 Å². The fourth-order valence-corrected chi connectivity index (χ4v) is 1.17. The van der Waals surface area contributed by atoms with Crippen molar-refractivity contribution in [2.45, 2.75) is 6.92 Å². The lowest BCUT2D eigenvalue weighted by molar-refractivity contribution is 0.352. The molecule has 0 amide bonds. The fourth-order valence-electron chi connectivity index (χ4n) is 0.905. The van der Waals surface area contributed by atoms with Crippen molar-refractivity contribution in [3.63, 3.8) is 0 Å². The van der Waals surface area contributed by atoms with Gasteiger partial charge in [0, 0.05) is 5.88 Å². The van der Waals surface area contributed by atoms with Gasteiger partial charge in [-0.1, -0.05) is 24.3 Å². The van der Waals surface area contributed by atoms with Crippen LogP contribution < -0.4 is 4.74 Å². The summed E-state index contributed by atoms with van der Waals surface area (Å²) in [6, 6.07) is 9.75. The van der Waals surface area contributed by atoms with E-state index in [9.17, 15) is 0 Å². The molecule has 0 radical (unpaired) electrons. The molecule has 0 aromatic heterocycles. The maximum atomic E-state index is 5.55. The Hall–Kier alpha value is -0.950. The van der Waals surface area contributed by atoms with Crippen molar-refractivity contribution in [3.8, 4) is 5.75 Å². The number of alkyl halides is 1. The summed E-state index contributed by atoms with van der Waals surface area (Å²) in [4.78, 5) is 0. The first kappa shape index (κ1) is 10.1. The summed E-state index contributed by atoms with van der Waals surface area (Å²) in [7, 11) is 0. The van der Waals surface area contributed by atoms with Crippen LogP contribution >= 0.6 is 11.6 Å². The molecule has 0 bridgehead atoms. The normalized spacial score (nSPS) is 11.4. The highest BCUT2D eigenvalue weighted by atomic mass is 35.5. The quantitative estimate of drug-likeness (QED) is 0.531. The molecule has 0 aliphatic carbocycles. The molecule has 0 unspecified atom stereocenters. The lowest BCUT2D eigenvalue weighted by atomic mass is 10.3. The Bertz CT molecular complexity index is 267. The summed E-state index contributed by atoms with van der Waals surface area (Å²) < 4.78 is 5.49. The Balaban J connectivity index is 2.39. The highest BCUT2D eigenvalue weighted by Crippen LogP contribution is 2.09. The minimum Gasteiger partial charge on any atom is -0.489 e. The van der Waals surface area contributed by atoms with E-state index in [2.05, 4.69) is 0 Å². The van der Waals surface area contributed by atoms with E-state index in [0.29, 0.717) is 12.5 Å². The van der Waals surface area contributed by atoms with Gasteiger partial charge in [0.2, 0.25) is 0 Å². The Kier molecular flexibility index (Phi) is 4.41. The first-order valence-corrected chi connectivity index (χ1v) is 4.76. The second kappa shape index (κ2) is 5.65. The van der Waals surface area contributed by atoms with E-state index in [1.807, 2.05) is 43.3 Å². The van der Waals surface area contributed by atoms with Crippen molar-refractivity contribution in [1.82, 2.24) is 0 Å². The maximum Gasteiger partial charge on any atom is 0.119 e. The SMILES string of the molecule is C/C(=C/CCl)COc1ccccc1. The van der Waals surface area contributed by atoms with Crippen LogP contribution in [0.25, 0.3) is 0 Å². The van der Waals surface area contributed by atoms with Crippen LogP contribution in [0.5, 0.6) is 5.75 Å². The molecule has 0 saturated heterocycles. The smallest absolute Gasteiger partial charge is 0.119 e. The lowest BCUT2D eigenvalue weighted by Gasteiger charge is -2.05. The van der Waals surface area contributed by atoms with Crippen LogP contribution in [0.3, 0.4) is 0 Å². The van der Waals surface area contributed by atoms with Crippen LogP contribution in [0.1, 0.15) is 6.92 Å². The highest BCUT2D eigenvalue weighted by molar-refractivity contribution is 6.18. The van der Waals surface area contributed by atoms with Crippen LogP contribution in [-0.2, 0) is 0 Å². The third-order valence-electron chi connectivity index (χ3n) is 1.64. The van der Waals surface area contributed by atoms with Crippen molar-refractivity contribution in [2.24, 2.45) is 0 Å². The largest absolute Gasteiger partial charge is 0.489 e. The van der Waals surface area contributed by atoms with Crippen molar-refractivity contribution >= 4 is 11.6 Å². The van der Waals surface area contributed by atoms with Gasteiger partial charge in [0.1, 0.15) is 12.4 Å². The van der Waals surface area contributed by atoms with E-state index in [1.54, 1.807) is 0 Å². The van der Waals surface area contributed by atoms with Crippen molar-refractivity contribution in [1.29, 1.82) is 0 Å². The van der Waals surface area contributed by atoms with Gasteiger partial charge in [0.25, 0.3) is 0 Å². The van der Waals surface area contributed by atoms with E-state index in [1.165, 1.54) is 0 Å². The Morgan fingerprint density at radius 1 is 1.38 bits per heavy atom. The van der Waals surface area contributed by atoms with Crippen LogP contribution in [-0.4, -0.2) is 12.5 Å². The first-order chi connectivity index (χ1) is 6.33. The number of rotatable bonds is 4. The molecule has 1 rings (SSSR count). The molecule has 70 valence electrons. The van der Waals surface area contributed by atoms with Gasteiger partial charge in [0.05, 0.1) is 0 Å². The molecule has 0 N–H and O–H groups in total. The number of ether oxygens (including phenoxy) is 1. The van der Waals surface area contributed by atoms with Crippen LogP contribution in [0.2, 0.25) is 0 Å². The molecule has 13 heavy (non-hydrogen) atoms. The van der Waals surface area contributed by atoms with E-state index in [0.717, 1.165) is 11.3 Å². The number of halogens is 1. The third-order valence-corrected chi connectivity index (χ3v) is 1.79. The first-order valence-electron chi connectivity index (χ1n) is 4.22. The second-order valence-electron chi connectivity index (χ2n) is 2.81. The van der Waals surface area contributed by atoms with Crippen LogP contribution in [0.4, 0.5) is 0 Å². The Morgan fingerprint density at radius 2 is 2.08 bits per heavy atom. The maximum absolute atomic E-state index is 5.55. The predicted octanol–water partition coefficient (Wildman–Crippen LogP) is 3.25. The van der Waals surface area contributed by atoms with E-state index >= 15 is 0 Å². The number of benzene rings is 1. The van der Waals surface area contributed by atoms with Crippen LogP contribution in [0.15, 0.2) is 42.0 Å². The van der Waals surface area contributed by atoms with Gasteiger partial charge in [-0.2, -0.15) is 0 Å². The van der Waals surface area contributed by atoms with Gasteiger partial charge < -0.3 is 4.74 Å². The molecule has 0 aliphatic heterocycles. The summed E-state index contributed by atoms with van der Waals surface area (Å²) in [6.45, 7) is 2.61. The minimum atomic E-state index is 0.546. The number of allylic oxidation sites excluding steroid dienone is 1. The molecule has 0 heterocycles. The Labute approximate surface area is 84.0 Å². The average Bonchev–Trinajstić information content (AvgIpc) is 2.17. The predicted molar refractivity (Wildman–Crippen MR) is 56.4 cm³/mol. The van der Waals surface area contributed by atoms with E-state index in [-0.39, 0.29) is 0 Å². The number of hydrogen-bond acceptors (Lipinski definition) is 1. The average molecular weight is 197 g/mol. The highest BCUT2D eigenvalue weighted by Gasteiger charge is 1.91. The van der Waals surface area contributed by atoms with E-state index in [4.69, 9.17) is 16.3 Å². The molecular weight excluding hydrogens is 184 g/mol. The molecule has 0 aliphatic rings. The minimum absolute atomic E-state index is 0.546. The topological polar surface area (TPSA) is 9.23 Å². The van der Waals surface area contributed by atoms with Crippen LogP contribution in [0, 0.1) is 0 Å². The van der Waals surface area contributed by atoms with E-state index < -0.39 is 0 Å². The van der Waals surface area contributed by atoms with Gasteiger partial charge in [-0.3, -0.25) is 0 Å². The summed E-state index contributed by atoms with van der Waals surface area (Å²) in [6.07, 6.45) is 1.95. The zero-order valence-electron chi connectivity index (χ0n) is 7.66. The zero-order chi connectivity index (χ0) is 9.52.